The van der Waals surface area contributed by atoms with Crippen molar-refractivity contribution in [3.8, 4) is 5.75 Å². The molecule has 3 nitrogen and oxygen atoms in total. The molecule has 0 heterocycles. The lowest BCUT2D eigenvalue weighted by Gasteiger charge is -2.08. The van der Waals surface area contributed by atoms with Crippen molar-refractivity contribution in [2.75, 3.05) is 0 Å². The van der Waals surface area contributed by atoms with Crippen LogP contribution in [0.25, 0.3) is 0 Å². The molecule has 0 radical (unpaired) electrons. The molecule has 0 bridgehead atoms. The molecule has 19 heavy (non-hydrogen) atoms. The monoisotopic (exact) mass is 318 g/mol. The Kier molecular flexibility index (Phi) is 4.58. The highest BCUT2D eigenvalue weighted by Gasteiger charge is 2.01. The van der Waals surface area contributed by atoms with Crippen LogP contribution in [0.4, 0.5) is 0 Å². The molecule has 2 aromatic rings. The van der Waals surface area contributed by atoms with Gasteiger partial charge < -0.3 is 10.5 Å². The van der Waals surface area contributed by atoms with Crippen LogP contribution in [0.5, 0.6) is 5.75 Å². The first kappa shape index (κ1) is 13.6. The highest BCUT2D eigenvalue weighted by Crippen LogP contribution is 2.19. The summed E-state index contributed by atoms with van der Waals surface area (Å²) in [5, 5.41) is 7.24. The van der Waals surface area contributed by atoms with E-state index in [0.717, 1.165) is 21.3 Å². The minimum absolute atomic E-state index is 0.168. The maximum atomic E-state index is 7.24. The first-order chi connectivity index (χ1) is 9.15. The molecule has 0 saturated carbocycles. The molecule has 0 atom stereocenters. The molecule has 98 valence electrons. The molecule has 0 saturated heterocycles. The van der Waals surface area contributed by atoms with Gasteiger partial charge in [0.2, 0.25) is 0 Å². The highest BCUT2D eigenvalue weighted by atomic mass is 79.9. The fourth-order valence-electron chi connectivity index (χ4n) is 1.70. The van der Waals surface area contributed by atoms with Gasteiger partial charge in [0.25, 0.3) is 0 Å². The van der Waals surface area contributed by atoms with E-state index in [-0.39, 0.29) is 5.84 Å². The second-order valence-corrected chi connectivity index (χ2v) is 5.08. The summed E-state index contributed by atoms with van der Waals surface area (Å²) < 4.78 is 6.76. The standard InChI is InChI=1S/C15H15BrN2O/c16-14-4-2-1-3-12(14)10-19-13-7-5-11(6-8-13)9-15(17)18/h1-8H,9-10H2,(H3,17,18). The summed E-state index contributed by atoms with van der Waals surface area (Å²) in [6, 6.07) is 15.6. The van der Waals surface area contributed by atoms with Crippen molar-refractivity contribution in [3.05, 3.63) is 64.1 Å². The van der Waals surface area contributed by atoms with E-state index in [0.29, 0.717) is 13.0 Å². The lowest BCUT2D eigenvalue weighted by molar-refractivity contribution is 0.305. The molecule has 2 aromatic carbocycles. The minimum atomic E-state index is 0.168. The van der Waals surface area contributed by atoms with Crippen molar-refractivity contribution < 1.29 is 4.74 Å². The Hall–Kier alpha value is -1.81. The average molecular weight is 319 g/mol. The molecule has 0 aliphatic carbocycles. The van der Waals surface area contributed by atoms with E-state index in [4.69, 9.17) is 15.9 Å². The van der Waals surface area contributed by atoms with Gasteiger partial charge in [-0.15, -0.1) is 0 Å². The molecule has 0 aromatic heterocycles. The summed E-state index contributed by atoms with van der Waals surface area (Å²) in [6.07, 6.45) is 0.477. The van der Waals surface area contributed by atoms with Gasteiger partial charge in [0.15, 0.2) is 0 Å². The summed E-state index contributed by atoms with van der Waals surface area (Å²) >= 11 is 3.49. The topological polar surface area (TPSA) is 59.1 Å². The summed E-state index contributed by atoms with van der Waals surface area (Å²) in [4.78, 5) is 0. The van der Waals surface area contributed by atoms with Gasteiger partial charge >= 0.3 is 0 Å². The number of amidine groups is 1. The molecule has 0 aliphatic rings. The van der Waals surface area contributed by atoms with Crippen LogP contribution in [0.2, 0.25) is 0 Å². The van der Waals surface area contributed by atoms with Crippen molar-refractivity contribution in [2.45, 2.75) is 13.0 Å². The van der Waals surface area contributed by atoms with Crippen LogP contribution < -0.4 is 10.5 Å². The third kappa shape index (κ3) is 4.10. The maximum Gasteiger partial charge on any atom is 0.119 e. The van der Waals surface area contributed by atoms with Crippen molar-refractivity contribution in [1.29, 1.82) is 5.41 Å². The van der Waals surface area contributed by atoms with Crippen LogP contribution in [0.3, 0.4) is 0 Å². The number of nitrogens with two attached hydrogens (primary N) is 1. The van der Waals surface area contributed by atoms with Gasteiger partial charge in [0, 0.05) is 16.5 Å². The zero-order valence-corrected chi connectivity index (χ0v) is 12.0. The number of ether oxygens (including phenoxy) is 1. The molecule has 0 aliphatic heterocycles. The Bertz CT molecular complexity index is 567. The van der Waals surface area contributed by atoms with E-state index in [1.807, 2.05) is 48.5 Å². The van der Waals surface area contributed by atoms with Crippen LogP contribution in [0.15, 0.2) is 53.0 Å². The molecule has 0 fully saturated rings. The Balaban J connectivity index is 1.97. The summed E-state index contributed by atoms with van der Waals surface area (Å²) in [7, 11) is 0. The van der Waals surface area contributed by atoms with Gasteiger partial charge in [0.1, 0.15) is 12.4 Å². The summed E-state index contributed by atoms with van der Waals surface area (Å²) in [5.74, 6) is 0.977. The van der Waals surface area contributed by atoms with Crippen molar-refractivity contribution in [1.82, 2.24) is 0 Å². The zero-order chi connectivity index (χ0) is 13.7. The van der Waals surface area contributed by atoms with Crippen molar-refractivity contribution in [2.24, 2.45) is 5.73 Å². The number of hydrogen-bond acceptors (Lipinski definition) is 2. The molecule has 0 amide bonds. The third-order valence-corrected chi connectivity index (χ3v) is 3.44. The van der Waals surface area contributed by atoms with Crippen molar-refractivity contribution in [3.63, 3.8) is 0 Å². The van der Waals surface area contributed by atoms with Gasteiger partial charge in [-0.3, -0.25) is 5.41 Å². The van der Waals surface area contributed by atoms with Crippen LogP contribution in [0.1, 0.15) is 11.1 Å². The number of benzene rings is 2. The number of hydrogen-bond donors (Lipinski definition) is 2. The first-order valence-electron chi connectivity index (χ1n) is 5.93. The largest absolute Gasteiger partial charge is 0.489 e. The zero-order valence-electron chi connectivity index (χ0n) is 10.4. The van der Waals surface area contributed by atoms with E-state index in [2.05, 4.69) is 15.9 Å². The highest BCUT2D eigenvalue weighted by molar-refractivity contribution is 9.10. The van der Waals surface area contributed by atoms with Crippen LogP contribution in [-0.2, 0) is 13.0 Å². The molecular formula is C15H15BrN2O. The maximum absolute atomic E-state index is 7.24. The summed E-state index contributed by atoms with van der Waals surface area (Å²) in [6.45, 7) is 0.521. The lowest BCUT2D eigenvalue weighted by Crippen LogP contribution is -2.12. The molecule has 0 unspecified atom stereocenters. The second kappa shape index (κ2) is 6.38. The van der Waals surface area contributed by atoms with Crippen LogP contribution in [-0.4, -0.2) is 5.84 Å². The van der Waals surface area contributed by atoms with E-state index in [9.17, 15) is 0 Å². The lowest BCUT2D eigenvalue weighted by atomic mass is 10.1. The van der Waals surface area contributed by atoms with Crippen LogP contribution >= 0.6 is 15.9 Å². The normalized spacial score (nSPS) is 10.2. The van der Waals surface area contributed by atoms with E-state index >= 15 is 0 Å². The van der Waals surface area contributed by atoms with Gasteiger partial charge in [-0.2, -0.15) is 0 Å². The Morgan fingerprint density at radius 3 is 2.42 bits per heavy atom. The third-order valence-electron chi connectivity index (χ3n) is 2.67. The quantitative estimate of drug-likeness (QED) is 0.654. The number of rotatable bonds is 5. The number of halogens is 1. The summed E-state index contributed by atoms with van der Waals surface area (Å²) in [5.41, 5.74) is 7.48. The van der Waals surface area contributed by atoms with Crippen LogP contribution in [0, 0.1) is 5.41 Å². The molecular weight excluding hydrogens is 304 g/mol. The van der Waals surface area contributed by atoms with E-state index < -0.39 is 0 Å². The van der Waals surface area contributed by atoms with Gasteiger partial charge in [-0.25, -0.2) is 0 Å². The fourth-order valence-corrected chi connectivity index (χ4v) is 2.10. The predicted molar refractivity (Wildman–Crippen MR) is 80.5 cm³/mol. The smallest absolute Gasteiger partial charge is 0.119 e. The van der Waals surface area contributed by atoms with Gasteiger partial charge in [0.05, 0.1) is 5.84 Å². The van der Waals surface area contributed by atoms with E-state index in [1.54, 1.807) is 0 Å². The Labute approximate surface area is 121 Å². The average Bonchev–Trinajstić information content (AvgIpc) is 2.39. The molecule has 2 rings (SSSR count). The Morgan fingerprint density at radius 2 is 1.79 bits per heavy atom. The molecule has 3 N–H and O–H groups in total. The molecule has 4 heteroatoms. The second-order valence-electron chi connectivity index (χ2n) is 4.23. The van der Waals surface area contributed by atoms with Gasteiger partial charge in [-0.1, -0.05) is 46.3 Å². The van der Waals surface area contributed by atoms with Gasteiger partial charge in [-0.05, 0) is 23.8 Å². The predicted octanol–water partition coefficient (Wildman–Crippen LogP) is 3.51. The van der Waals surface area contributed by atoms with Crippen molar-refractivity contribution >= 4 is 21.8 Å². The fraction of sp³-hybridized carbons (Fsp3) is 0.133. The molecule has 0 spiro atoms. The Morgan fingerprint density at radius 1 is 1.11 bits per heavy atom. The SMILES string of the molecule is N=C(N)Cc1ccc(OCc2ccccc2Br)cc1. The van der Waals surface area contributed by atoms with E-state index in [1.165, 1.54) is 0 Å². The first-order valence-corrected chi connectivity index (χ1v) is 6.72. The number of nitrogens with one attached hydrogen (secondary N) is 1. The minimum Gasteiger partial charge on any atom is -0.489 e.